The monoisotopic (exact) mass is 440 g/mol. The molecule has 0 aliphatic carbocycles. The standard InChI is InChI=1S/C18H19ClF2N2S.2ClH/c19-13-5-7-14(8-6-13)24-16-4-2-1-3-15(16)17(18(20)21)23-11-9-22-10-12-23;;/h1-8,17-18,22H,9-12H2;2*1H/t17-;;/m1../s1. The fourth-order valence-corrected chi connectivity index (χ4v) is 4.00. The molecule has 0 saturated carbocycles. The average Bonchev–Trinajstić information content (AvgIpc) is 2.59. The predicted molar refractivity (Wildman–Crippen MR) is 110 cm³/mol. The first kappa shape index (κ1) is 23.5. The Bertz CT molecular complexity index is 668. The highest BCUT2D eigenvalue weighted by molar-refractivity contribution is 7.99. The van der Waals surface area contributed by atoms with Crippen molar-refractivity contribution < 1.29 is 8.78 Å². The topological polar surface area (TPSA) is 15.3 Å². The largest absolute Gasteiger partial charge is 0.314 e. The number of halogens is 5. The molecular weight excluding hydrogens is 421 g/mol. The van der Waals surface area contributed by atoms with E-state index in [4.69, 9.17) is 11.6 Å². The number of piperazine rings is 1. The van der Waals surface area contributed by atoms with E-state index in [-0.39, 0.29) is 24.8 Å². The van der Waals surface area contributed by atoms with E-state index in [9.17, 15) is 8.78 Å². The zero-order valence-electron chi connectivity index (χ0n) is 13.9. The molecule has 2 aromatic rings. The molecule has 0 unspecified atom stereocenters. The Hall–Kier alpha value is -0.560. The second-order valence-electron chi connectivity index (χ2n) is 5.66. The molecule has 0 bridgehead atoms. The van der Waals surface area contributed by atoms with Gasteiger partial charge in [0, 0.05) is 41.0 Å². The Morgan fingerprint density at radius 1 is 0.962 bits per heavy atom. The lowest BCUT2D eigenvalue weighted by atomic mass is 10.0. The van der Waals surface area contributed by atoms with Crippen LogP contribution in [-0.4, -0.2) is 37.5 Å². The molecule has 0 spiro atoms. The van der Waals surface area contributed by atoms with Gasteiger partial charge >= 0.3 is 0 Å². The number of benzene rings is 2. The molecule has 3 rings (SSSR count). The maximum Gasteiger partial charge on any atom is 0.258 e. The molecule has 0 aromatic heterocycles. The summed E-state index contributed by atoms with van der Waals surface area (Å²) in [6, 6.07) is 14.0. The van der Waals surface area contributed by atoms with Gasteiger partial charge in [0.1, 0.15) is 0 Å². The molecule has 1 N–H and O–H groups in total. The van der Waals surface area contributed by atoms with Gasteiger partial charge in [0.25, 0.3) is 6.43 Å². The summed E-state index contributed by atoms with van der Waals surface area (Å²) in [5.74, 6) is 0. The lowest BCUT2D eigenvalue weighted by Gasteiger charge is -2.35. The van der Waals surface area contributed by atoms with E-state index < -0.39 is 12.5 Å². The lowest BCUT2D eigenvalue weighted by Crippen LogP contribution is -2.47. The van der Waals surface area contributed by atoms with E-state index >= 15 is 0 Å². The van der Waals surface area contributed by atoms with Crippen molar-refractivity contribution in [1.29, 1.82) is 0 Å². The number of alkyl halides is 2. The van der Waals surface area contributed by atoms with Crippen molar-refractivity contribution >= 4 is 48.2 Å². The Morgan fingerprint density at radius 2 is 1.58 bits per heavy atom. The highest BCUT2D eigenvalue weighted by Gasteiger charge is 2.31. The lowest BCUT2D eigenvalue weighted by molar-refractivity contribution is 0.0169. The normalized spacial score (nSPS) is 15.8. The van der Waals surface area contributed by atoms with Gasteiger partial charge in [0.05, 0.1) is 6.04 Å². The molecule has 2 aromatic carbocycles. The van der Waals surface area contributed by atoms with Gasteiger partial charge in [0.2, 0.25) is 0 Å². The van der Waals surface area contributed by atoms with Crippen molar-refractivity contribution in [3.63, 3.8) is 0 Å². The first-order valence-electron chi connectivity index (χ1n) is 7.90. The third-order valence-corrected chi connectivity index (χ3v) is 5.41. The van der Waals surface area contributed by atoms with Crippen LogP contribution in [0.3, 0.4) is 0 Å². The van der Waals surface area contributed by atoms with Gasteiger partial charge in [-0.3, -0.25) is 4.90 Å². The molecule has 26 heavy (non-hydrogen) atoms. The van der Waals surface area contributed by atoms with Crippen LogP contribution in [0, 0.1) is 0 Å². The van der Waals surface area contributed by atoms with Gasteiger partial charge in [-0.1, -0.05) is 41.6 Å². The second kappa shape index (κ2) is 11.3. The molecular formula is C18H21Cl3F2N2S. The number of hydrogen-bond acceptors (Lipinski definition) is 3. The van der Waals surface area contributed by atoms with Gasteiger partial charge in [-0.25, -0.2) is 8.78 Å². The summed E-state index contributed by atoms with van der Waals surface area (Å²) < 4.78 is 27.7. The van der Waals surface area contributed by atoms with Crippen LogP contribution in [0.15, 0.2) is 58.3 Å². The van der Waals surface area contributed by atoms with E-state index in [1.807, 2.05) is 53.4 Å². The van der Waals surface area contributed by atoms with Gasteiger partial charge in [-0.15, -0.1) is 24.8 Å². The van der Waals surface area contributed by atoms with E-state index in [0.29, 0.717) is 23.7 Å². The highest BCUT2D eigenvalue weighted by atomic mass is 35.5. The van der Waals surface area contributed by atoms with E-state index in [1.54, 1.807) is 0 Å². The quantitative estimate of drug-likeness (QED) is 0.655. The fourth-order valence-electron chi connectivity index (χ4n) is 2.90. The molecule has 1 heterocycles. The van der Waals surface area contributed by atoms with Crippen LogP contribution in [0.1, 0.15) is 11.6 Å². The fraction of sp³-hybridized carbons (Fsp3) is 0.333. The number of nitrogens with zero attached hydrogens (tertiary/aromatic N) is 1. The maximum atomic E-state index is 13.9. The highest BCUT2D eigenvalue weighted by Crippen LogP contribution is 2.38. The van der Waals surface area contributed by atoms with E-state index in [0.717, 1.165) is 22.9 Å². The summed E-state index contributed by atoms with van der Waals surface area (Å²) in [4.78, 5) is 3.73. The summed E-state index contributed by atoms with van der Waals surface area (Å²) in [5, 5.41) is 3.88. The van der Waals surface area contributed by atoms with Crippen LogP contribution in [-0.2, 0) is 0 Å². The Labute approximate surface area is 174 Å². The number of rotatable bonds is 5. The van der Waals surface area contributed by atoms with Gasteiger partial charge in [0.15, 0.2) is 0 Å². The molecule has 1 saturated heterocycles. The van der Waals surface area contributed by atoms with Crippen molar-refractivity contribution in [2.24, 2.45) is 0 Å². The number of hydrogen-bond donors (Lipinski definition) is 1. The van der Waals surface area contributed by atoms with Crippen molar-refractivity contribution in [3.8, 4) is 0 Å². The van der Waals surface area contributed by atoms with E-state index in [1.165, 1.54) is 11.8 Å². The SMILES string of the molecule is Cl.Cl.FC(F)[C@@H](c1ccccc1Sc1ccc(Cl)cc1)N1CCNCC1. The molecule has 8 heteroatoms. The molecule has 2 nitrogen and oxygen atoms in total. The third kappa shape index (κ3) is 5.98. The summed E-state index contributed by atoms with van der Waals surface area (Å²) >= 11 is 7.42. The zero-order chi connectivity index (χ0) is 16.9. The summed E-state index contributed by atoms with van der Waals surface area (Å²) in [7, 11) is 0. The van der Waals surface area contributed by atoms with Crippen LogP contribution in [0.5, 0.6) is 0 Å². The molecule has 1 atom stereocenters. The molecule has 144 valence electrons. The first-order valence-corrected chi connectivity index (χ1v) is 9.10. The maximum absolute atomic E-state index is 13.9. The van der Waals surface area contributed by atoms with Crippen LogP contribution in [0.4, 0.5) is 8.78 Å². The number of nitrogens with one attached hydrogen (secondary N) is 1. The second-order valence-corrected chi connectivity index (χ2v) is 7.21. The summed E-state index contributed by atoms with van der Waals surface area (Å²) in [5.41, 5.74) is 0.689. The van der Waals surface area contributed by atoms with Gasteiger partial charge in [-0.2, -0.15) is 0 Å². The van der Waals surface area contributed by atoms with E-state index in [2.05, 4.69) is 5.32 Å². The minimum Gasteiger partial charge on any atom is -0.314 e. The Morgan fingerprint density at radius 3 is 2.19 bits per heavy atom. The van der Waals surface area contributed by atoms with Crippen molar-refractivity contribution in [3.05, 3.63) is 59.1 Å². The summed E-state index contributed by atoms with van der Waals surface area (Å²) in [6.07, 6.45) is -2.42. The van der Waals surface area contributed by atoms with Crippen LogP contribution < -0.4 is 5.32 Å². The molecule has 1 aliphatic heterocycles. The first-order chi connectivity index (χ1) is 11.6. The average molecular weight is 442 g/mol. The minimum atomic E-state index is -2.42. The van der Waals surface area contributed by atoms with Crippen molar-refractivity contribution in [2.45, 2.75) is 22.3 Å². The molecule has 0 radical (unpaired) electrons. The zero-order valence-corrected chi connectivity index (χ0v) is 17.1. The van der Waals surface area contributed by atoms with Crippen molar-refractivity contribution in [2.75, 3.05) is 26.2 Å². The Balaban J connectivity index is 0.00000169. The Kier molecular flexibility index (Phi) is 10.2. The van der Waals surface area contributed by atoms with Crippen LogP contribution >= 0.6 is 48.2 Å². The summed E-state index contributed by atoms with van der Waals surface area (Å²) in [6.45, 7) is 2.76. The van der Waals surface area contributed by atoms with Crippen molar-refractivity contribution in [1.82, 2.24) is 10.2 Å². The molecule has 0 amide bonds. The van der Waals surface area contributed by atoms with Crippen LogP contribution in [0.2, 0.25) is 5.02 Å². The third-order valence-electron chi connectivity index (χ3n) is 4.06. The van der Waals surface area contributed by atoms with Crippen LogP contribution in [0.25, 0.3) is 0 Å². The molecule has 1 fully saturated rings. The molecule has 1 aliphatic rings. The van der Waals surface area contributed by atoms with Gasteiger partial charge in [-0.05, 0) is 35.9 Å². The van der Waals surface area contributed by atoms with Gasteiger partial charge < -0.3 is 5.32 Å². The smallest absolute Gasteiger partial charge is 0.258 e. The predicted octanol–water partition coefficient (Wildman–Crippen LogP) is 5.55. The minimum absolute atomic E-state index is 0.